The van der Waals surface area contributed by atoms with Gasteiger partial charge in [0.2, 0.25) is 11.8 Å². The largest absolute Gasteiger partial charge is 0.395 e. The monoisotopic (exact) mass is 590 g/mol. The van der Waals surface area contributed by atoms with Gasteiger partial charge in [-0.25, -0.2) is 0 Å². The van der Waals surface area contributed by atoms with Crippen LogP contribution < -0.4 is 10.6 Å². The highest BCUT2D eigenvalue weighted by atomic mass is 19.4. The Labute approximate surface area is 250 Å². The first-order valence-electron chi connectivity index (χ1n) is 14.9. The topological polar surface area (TPSA) is 75.3 Å². The molecular formula is C34H49F3N2O3. The molecule has 0 aromatic heterocycles. The van der Waals surface area contributed by atoms with Crippen molar-refractivity contribution in [3.05, 3.63) is 54.1 Å². The van der Waals surface area contributed by atoms with Gasteiger partial charge in [0.1, 0.15) is 11.2 Å². The summed E-state index contributed by atoms with van der Waals surface area (Å²) >= 11 is 0. The van der Waals surface area contributed by atoms with E-state index in [1.54, 1.807) is 0 Å². The van der Waals surface area contributed by atoms with Crippen LogP contribution in [0.15, 0.2) is 48.5 Å². The number of alkyl halides is 3. The number of halogens is 3. The van der Waals surface area contributed by atoms with E-state index in [0.717, 1.165) is 49.9 Å². The number of carbonyl (C=O) groups excluding carboxylic acids is 3. The van der Waals surface area contributed by atoms with E-state index < -0.39 is 29.5 Å². The number of fused-ring (bicyclic) bond motifs is 3. The minimum Gasteiger partial charge on any atom is -0.354 e. The summed E-state index contributed by atoms with van der Waals surface area (Å²) in [5, 5.41) is 5.26. The van der Waals surface area contributed by atoms with Gasteiger partial charge in [-0.15, -0.1) is 0 Å². The number of nitrogens with one attached hydrogen (secondary N) is 2. The lowest BCUT2D eigenvalue weighted by molar-refractivity contribution is -0.209. The van der Waals surface area contributed by atoms with Gasteiger partial charge in [0.15, 0.2) is 0 Å². The first-order valence-corrected chi connectivity index (χ1v) is 14.9. The van der Waals surface area contributed by atoms with Crippen molar-refractivity contribution in [2.24, 2.45) is 10.8 Å². The predicted molar refractivity (Wildman–Crippen MR) is 165 cm³/mol. The van der Waals surface area contributed by atoms with Gasteiger partial charge in [-0.3, -0.25) is 14.4 Å². The van der Waals surface area contributed by atoms with Gasteiger partial charge < -0.3 is 10.6 Å². The molecule has 3 rings (SSSR count). The molecule has 2 aromatic rings. The fraction of sp³-hybridized carbons (Fsp3) is 0.559. The quantitative estimate of drug-likeness (QED) is 0.286. The predicted octanol–water partition coefficient (Wildman–Crippen LogP) is 9.08. The van der Waals surface area contributed by atoms with Crippen molar-refractivity contribution in [1.29, 1.82) is 0 Å². The van der Waals surface area contributed by atoms with E-state index in [1.165, 1.54) is 45.6 Å². The van der Waals surface area contributed by atoms with Gasteiger partial charge in [-0.05, 0) is 58.2 Å². The van der Waals surface area contributed by atoms with E-state index in [2.05, 4.69) is 49.6 Å². The van der Waals surface area contributed by atoms with E-state index in [1.807, 2.05) is 30.3 Å². The number of carbonyl (C=O) groups is 3. The second-order valence-electron chi connectivity index (χ2n) is 11.9. The Bertz CT molecular complexity index is 1170. The molecule has 0 aliphatic carbocycles. The van der Waals surface area contributed by atoms with Crippen molar-refractivity contribution in [2.45, 2.75) is 106 Å². The molecule has 42 heavy (non-hydrogen) atoms. The average molecular weight is 591 g/mol. The normalized spacial score (nSPS) is 14.5. The van der Waals surface area contributed by atoms with Crippen LogP contribution in [0.5, 0.6) is 0 Å². The van der Waals surface area contributed by atoms with Crippen molar-refractivity contribution < 1.29 is 27.6 Å². The van der Waals surface area contributed by atoms with Crippen LogP contribution >= 0.6 is 0 Å². The number of ketones is 1. The number of para-hydroxylation sites is 1. The molecule has 0 radical (unpaired) electrons. The maximum Gasteiger partial charge on any atom is 0.395 e. The highest BCUT2D eigenvalue weighted by Crippen LogP contribution is 2.40. The Kier molecular flexibility index (Phi) is 14.5. The molecule has 2 amide bonds. The Morgan fingerprint density at radius 2 is 1.36 bits per heavy atom. The third-order valence-electron chi connectivity index (χ3n) is 7.59. The fourth-order valence-corrected chi connectivity index (χ4v) is 4.06. The number of rotatable bonds is 9. The molecule has 1 aliphatic rings. The van der Waals surface area contributed by atoms with Crippen molar-refractivity contribution in [2.75, 3.05) is 11.9 Å². The van der Waals surface area contributed by atoms with Crippen LogP contribution in [0.2, 0.25) is 0 Å². The number of unbranched alkanes of at least 4 members (excludes halogenated alkanes) is 3. The van der Waals surface area contributed by atoms with Crippen LogP contribution in [0.3, 0.4) is 0 Å². The van der Waals surface area contributed by atoms with Gasteiger partial charge >= 0.3 is 6.18 Å². The summed E-state index contributed by atoms with van der Waals surface area (Å²) in [6.07, 6.45) is 2.77. The second-order valence-corrected chi connectivity index (χ2v) is 11.9. The molecule has 0 unspecified atom stereocenters. The first kappa shape index (κ1) is 36.9. The van der Waals surface area contributed by atoms with Gasteiger partial charge in [-0.2, -0.15) is 13.2 Å². The standard InChI is InChI=1S/C18H19NO.C11H18F3NO2.C5H12/c1-2-3-8-16-14-10-5-4-9-13(14)15-11-6-7-12-17(15)19-18(16)20;1-7(16)10(4,5)8(17)15-6-9(2,3)11(12,13)14;1-3-5-4-2/h4-7,9-12,16H,2-3,8H2,1H3,(H,19,20);6H2,1-5H3,(H,15,17);3-5H2,1-2H3/t16-;;/m0../s1. The molecule has 2 aromatic carbocycles. The minimum atomic E-state index is -4.40. The number of hydrogen-bond donors (Lipinski definition) is 2. The highest BCUT2D eigenvalue weighted by molar-refractivity contribution is 6.04. The van der Waals surface area contributed by atoms with Crippen LogP contribution in [0.4, 0.5) is 18.9 Å². The minimum absolute atomic E-state index is 0.0430. The van der Waals surface area contributed by atoms with Crippen LogP contribution in [0, 0.1) is 10.8 Å². The van der Waals surface area contributed by atoms with E-state index >= 15 is 0 Å². The van der Waals surface area contributed by atoms with Crippen molar-refractivity contribution in [3.8, 4) is 11.1 Å². The zero-order valence-corrected chi connectivity index (χ0v) is 26.5. The van der Waals surface area contributed by atoms with Gasteiger partial charge in [0, 0.05) is 17.8 Å². The van der Waals surface area contributed by atoms with E-state index in [0.29, 0.717) is 0 Å². The third kappa shape index (κ3) is 10.3. The van der Waals surface area contributed by atoms with Crippen LogP contribution in [-0.4, -0.2) is 30.3 Å². The fourth-order valence-electron chi connectivity index (χ4n) is 4.06. The lowest BCUT2D eigenvalue weighted by Gasteiger charge is -2.29. The third-order valence-corrected chi connectivity index (χ3v) is 7.59. The Balaban J connectivity index is 0.000000367. The first-order chi connectivity index (χ1) is 19.5. The Morgan fingerprint density at radius 1 is 0.833 bits per heavy atom. The molecule has 0 saturated carbocycles. The SMILES string of the molecule is CC(=O)C(C)(C)C(=O)NCC(C)(C)C(F)(F)F.CCCCC.CCCC[C@@H]1C(=O)Nc2ccccc2-c2ccccc21. The van der Waals surface area contributed by atoms with Crippen LogP contribution in [0.25, 0.3) is 11.1 Å². The van der Waals surface area contributed by atoms with Gasteiger partial charge in [0.05, 0.1) is 11.3 Å². The number of hydrogen-bond acceptors (Lipinski definition) is 3. The Hall–Kier alpha value is -3.16. The molecule has 0 spiro atoms. The summed E-state index contributed by atoms with van der Waals surface area (Å²) in [6.45, 7) is 12.0. The second kappa shape index (κ2) is 16.5. The van der Waals surface area contributed by atoms with E-state index in [-0.39, 0.29) is 17.6 Å². The number of benzene rings is 2. The molecule has 1 aliphatic heterocycles. The number of Topliss-reactive ketones (excluding diaryl/α,β-unsaturated/α-hetero) is 1. The molecule has 0 saturated heterocycles. The molecule has 8 heteroatoms. The summed E-state index contributed by atoms with van der Waals surface area (Å²) in [6, 6.07) is 16.3. The van der Waals surface area contributed by atoms with Crippen molar-refractivity contribution in [3.63, 3.8) is 0 Å². The maximum atomic E-state index is 12.5. The summed E-state index contributed by atoms with van der Waals surface area (Å²) in [7, 11) is 0. The Morgan fingerprint density at radius 3 is 1.86 bits per heavy atom. The number of anilines is 1. The lowest BCUT2D eigenvalue weighted by atomic mass is 9.86. The summed E-state index contributed by atoms with van der Waals surface area (Å²) < 4.78 is 37.6. The van der Waals surface area contributed by atoms with Gasteiger partial charge in [0.25, 0.3) is 0 Å². The molecule has 234 valence electrons. The average Bonchev–Trinajstić information content (AvgIpc) is 3.04. The summed E-state index contributed by atoms with van der Waals surface area (Å²) in [4.78, 5) is 35.3. The number of amides is 2. The smallest absolute Gasteiger partial charge is 0.354 e. The maximum absolute atomic E-state index is 12.5. The van der Waals surface area contributed by atoms with Crippen LogP contribution in [-0.2, 0) is 14.4 Å². The summed E-state index contributed by atoms with van der Waals surface area (Å²) in [5.41, 5.74) is 1.06. The molecule has 2 N–H and O–H groups in total. The molecule has 0 fully saturated rings. The van der Waals surface area contributed by atoms with Gasteiger partial charge in [-0.1, -0.05) is 95.3 Å². The molecular weight excluding hydrogens is 541 g/mol. The molecule has 1 atom stereocenters. The molecule has 5 nitrogen and oxygen atoms in total. The van der Waals surface area contributed by atoms with Crippen molar-refractivity contribution in [1.82, 2.24) is 5.32 Å². The summed E-state index contributed by atoms with van der Waals surface area (Å²) in [5.74, 6) is -1.00. The highest BCUT2D eigenvalue weighted by Gasteiger charge is 2.48. The van der Waals surface area contributed by atoms with Crippen LogP contribution in [0.1, 0.15) is 105 Å². The zero-order valence-electron chi connectivity index (χ0n) is 26.5. The van der Waals surface area contributed by atoms with E-state index in [9.17, 15) is 27.6 Å². The lowest BCUT2D eigenvalue weighted by Crippen LogP contribution is -2.48. The molecule has 0 bridgehead atoms. The van der Waals surface area contributed by atoms with Crippen molar-refractivity contribution >= 4 is 23.3 Å². The molecule has 1 heterocycles. The zero-order chi connectivity index (χ0) is 32.1. The van der Waals surface area contributed by atoms with E-state index in [4.69, 9.17) is 0 Å².